The normalized spacial score (nSPS) is 22.5. The summed E-state index contributed by atoms with van der Waals surface area (Å²) in [5.41, 5.74) is 0.253. The number of aliphatic hydroxyl groups is 1. The van der Waals surface area contributed by atoms with Crippen molar-refractivity contribution in [2.45, 2.75) is 25.4 Å². The SMILES string of the molecule is CC1(O)CCCN(c2ccc([N+](=O)[O-])c3cnccc23)C1. The van der Waals surface area contributed by atoms with Crippen LogP contribution >= 0.6 is 0 Å². The number of hydrogen-bond acceptors (Lipinski definition) is 5. The van der Waals surface area contributed by atoms with E-state index in [0.717, 1.165) is 30.5 Å². The molecule has 0 amide bonds. The van der Waals surface area contributed by atoms with Gasteiger partial charge in [-0.15, -0.1) is 0 Å². The molecule has 0 spiro atoms. The van der Waals surface area contributed by atoms with Crippen LogP contribution in [-0.2, 0) is 0 Å². The number of benzene rings is 1. The lowest BCUT2D eigenvalue weighted by Gasteiger charge is -2.38. The van der Waals surface area contributed by atoms with E-state index in [1.165, 1.54) is 12.3 Å². The van der Waals surface area contributed by atoms with Gasteiger partial charge >= 0.3 is 0 Å². The Labute approximate surface area is 122 Å². The van der Waals surface area contributed by atoms with Gasteiger partial charge in [0.25, 0.3) is 5.69 Å². The van der Waals surface area contributed by atoms with Crippen molar-refractivity contribution < 1.29 is 10.0 Å². The predicted molar refractivity (Wildman–Crippen MR) is 80.5 cm³/mol. The molecule has 6 nitrogen and oxygen atoms in total. The fourth-order valence-corrected chi connectivity index (χ4v) is 3.02. The van der Waals surface area contributed by atoms with E-state index in [1.54, 1.807) is 18.3 Å². The molecule has 0 bridgehead atoms. The predicted octanol–water partition coefficient (Wildman–Crippen LogP) is 2.49. The van der Waals surface area contributed by atoms with E-state index in [9.17, 15) is 15.2 Å². The first-order valence-electron chi connectivity index (χ1n) is 6.96. The maximum Gasteiger partial charge on any atom is 0.278 e. The molecule has 6 heteroatoms. The van der Waals surface area contributed by atoms with E-state index in [-0.39, 0.29) is 10.6 Å². The number of nitrogens with zero attached hydrogens (tertiary/aromatic N) is 3. The Hall–Kier alpha value is -2.21. The molecule has 1 saturated heterocycles. The molecule has 21 heavy (non-hydrogen) atoms. The topological polar surface area (TPSA) is 79.5 Å². The van der Waals surface area contributed by atoms with Gasteiger partial charge in [0.2, 0.25) is 0 Å². The molecule has 1 unspecified atom stereocenters. The van der Waals surface area contributed by atoms with Crippen molar-refractivity contribution in [3.05, 3.63) is 40.7 Å². The van der Waals surface area contributed by atoms with Crippen molar-refractivity contribution in [1.82, 2.24) is 4.98 Å². The average molecular weight is 287 g/mol. The van der Waals surface area contributed by atoms with Crippen LogP contribution in [0.2, 0.25) is 0 Å². The number of hydrogen-bond donors (Lipinski definition) is 1. The Kier molecular flexibility index (Phi) is 3.25. The second-order valence-electron chi connectivity index (χ2n) is 5.80. The van der Waals surface area contributed by atoms with E-state index in [1.807, 2.05) is 6.92 Å². The van der Waals surface area contributed by atoms with Crippen molar-refractivity contribution in [3.63, 3.8) is 0 Å². The maximum absolute atomic E-state index is 11.1. The van der Waals surface area contributed by atoms with Gasteiger partial charge in [-0.3, -0.25) is 15.1 Å². The highest BCUT2D eigenvalue weighted by molar-refractivity contribution is 5.99. The minimum atomic E-state index is -0.723. The second kappa shape index (κ2) is 4.96. The lowest BCUT2D eigenvalue weighted by Crippen LogP contribution is -2.46. The van der Waals surface area contributed by atoms with Gasteiger partial charge in [-0.1, -0.05) is 0 Å². The van der Waals surface area contributed by atoms with Gasteiger partial charge in [0.05, 0.1) is 15.9 Å². The van der Waals surface area contributed by atoms with Crippen LogP contribution in [0.5, 0.6) is 0 Å². The minimum absolute atomic E-state index is 0.0608. The van der Waals surface area contributed by atoms with Crippen molar-refractivity contribution in [2.24, 2.45) is 0 Å². The molecule has 2 heterocycles. The van der Waals surface area contributed by atoms with Gasteiger partial charge in [0.15, 0.2) is 0 Å². The highest BCUT2D eigenvalue weighted by atomic mass is 16.6. The second-order valence-corrected chi connectivity index (χ2v) is 5.80. The number of fused-ring (bicyclic) bond motifs is 1. The van der Waals surface area contributed by atoms with E-state index < -0.39 is 5.60 Å². The van der Waals surface area contributed by atoms with E-state index in [0.29, 0.717) is 11.9 Å². The molecule has 1 aromatic carbocycles. The highest BCUT2D eigenvalue weighted by Gasteiger charge is 2.29. The average Bonchev–Trinajstić information content (AvgIpc) is 2.44. The summed E-state index contributed by atoms with van der Waals surface area (Å²) in [5, 5.41) is 22.7. The molecule has 0 aliphatic carbocycles. The molecular weight excluding hydrogens is 270 g/mol. The quantitative estimate of drug-likeness (QED) is 0.678. The van der Waals surface area contributed by atoms with Crippen molar-refractivity contribution >= 4 is 22.1 Å². The maximum atomic E-state index is 11.1. The summed E-state index contributed by atoms with van der Waals surface area (Å²) in [6.07, 6.45) is 4.84. The van der Waals surface area contributed by atoms with Crippen LogP contribution in [0.1, 0.15) is 19.8 Å². The molecule has 1 aliphatic rings. The third kappa shape index (κ3) is 2.54. The number of β-amino-alcohol motifs (C(OH)–C–C–N with tert-alkyl or cyclic N) is 1. The Balaban J connectivity index is 2.12. The number of rotatable bonds is 2. The Morgan fingerprint density at radius 1 is 1.38 bits per heavy atom. The molecule has 1 aliphatic heterocycles. The summed E-state index contributed by atoms with van der Waals surface area (Å²) in [6, 6.07) is 5.07. The number of piperidine rings is 1. The molecule has 1 aromatic heterocycles. The highest BCUT2D eigenvalue weighted by Crippen LogP contribution is 2.35. The summed E-state index contributed by atoms with van der Waals surface area (Å²) < 4.78 is 0. The molecular formula is C15H17N3O3. The molecule has 1 N–H and O–H groups in total. The number of nitro benzene ring substituents is 1. The molecule has 110 valence electrons. The monoisotopic (exact) mass is 287 g/mol. The summed E-state index contributed by atoms with van der Waals surface area (Å²) in [5.74, 6) is 0. The zero-order valence-electron chi connectivity index (χ0n) is 11.8. The standard InChI is InChI=1S/C15H17N3O3/c1-15(19)6-2-8-17(10-15)13-3-4-14(18(20)21)12-9-16-7-5-11(12)13/h3-5,7,9,19H,2,6,8,10H2,1H3. The van der Waals surface area contributed by atoms with Crippen LogP contribution in [0.25, 0.3) is 10.8 Å². The first-order valence-corrected chi connectivity index (χ1v) is 6.96. The Bertz CT molecular complexity index is 700. The summed E-state index contributed by atoms with van der Waals surface area (Å²) >= 11 is 0. The third-order valence-corrected chi connectivity index (χ3v) is 3.98. The Morgan fingerprint density at radius 3 is 2.90 bits per heavy atom. The van der Waals surface area contributed by atoms with Crippen molar-refractivity contribution in [3.8, 4) is 0 Å². The van der Waals surface area contributed by atoms with Crippen molar-refractivity contribution in [1.29, 1.82) is 0 Å². The Morgan fingerprint density at radius 2 is 2.19 bits per heavy atom. The summed E-state index contributed by atoms with van der Waals surface area (Å²) in [4.78, 5) is 16.8. The van der Waals surface area contributed by atoms with Gasteiger partial charge in [-0.2, -0.15) is 0 Å². The first kappa shape index (κ1) is 13.8. The third-order valence-electron chi connectivity index (χ3n) is 3.98. The molecule has 1 atom stereocenters. The number of nitro groups is 1. The first-order chi connectivity index (χ1) is 9.98. The summed E-state index contributed by atoms with van der Waals surface area (Å²) in [7, 11) is 0. The zero-order valence-corrected chi connectivity index (χ0v) is 11.8. The molecule has 0 radical (unpaired) electrons. The van der Waals surface area contributed by atoms with Crippen LogP contribution in [0.4, 0.5) is 11.4 Å². The number of aromatic nitrogens is 1. The number of anilines is 1. The van der Waals surface area contributed by atoms with Crippen molar-refractivity contribution in [2.75, 3.05) is 18.0 Å². The summed E-state index contributed by atoms with van der Waals surface area (Å²) in [6.45, 7) is 3.20. The minimum Gasteiger partial charge on any atom is -0.388 e. The van der Waals surface area contributed by atoms with Crippen LogP contribution < -0.4 is 4.90 Å². The van der Waals surface area contributed by atoms with Gasteiger partial charge in [-0.05, 0) is 31.9 Å². The van der Waals surface area contributed by atoms with E-state index in [2.05, 4.69) is 9.88 Å². The molecule has 1 fully saturated rings. The van der Waals surface area contributed by atoms with E-state index in [4.69, 9.17) is 0 Å². The fraction of sp³-hybridized carbons (Fsp3) is 0.400. The van der Waals surface area contributed by atoms with Gasteiger partial charge in [0.1, 0.15) is 0 Å². The van der Waals surface area contributed by atoms with Crippen LogP contribution in [0, 0.1) is 10.1 Å². The molecule has 3 rings (SSSR count). The largest absolute Gasteiger partial charge is 0.388 e. The number of pyridine rings is 1. The van der Waals surface area contributed by atoms with E-state index >= 15 is 0 Å². The van der Waals surface area contributed by atoms with Crippen LogP contribution in [0.3, 0.4) is 0 Å². The lowest BCUT2D eigenvalue weighted by atomic mass is 9.94. The smallest absolute Gasteiger partial charge is 0.278 e. The number of non-ortho nitro benzene ring substituents is 1. The van der Waals surface area contributed by atoms with Gasteiger partial charge < -0.3 is 10.0 Å². The van der Waals surface area contributed by atoms with Gasteiger partial charge in [-0.25, -0.2) is 0 Å². The lowest BCUT2D eigenvalue weighted by molar-refractivity contribution is -0.383. The molecule has 0 saturated carbocycles. The zero-order chi connectivity index (χ0) is 15.0. The molecule has 2 aromatic rings. The fourth-order valence-electron chi connectivity index (χ4n) is 3.02. The van der Waals surface area contributed by atoms with Crippen LogP contribution in [-0.4, -0.2) is 33.7 Å². The van der Waals surface area contributed by atoms with Gasteiger partial charge in [0, 0.05) is 42.6 Å². The van der Waals surface area contributed by atoms with Crippen LogP contribution in [0.15, 0.2) is 30.6 Å².